The van der Waals surface area contributed by atoms with Gasteiger partial charge in [0.1, 0.15) is 17.1 Å². The van der Waals surface area contributed by atoms with Gasteiger partial charge in [-0.15, -0.1) is 0 Å². The second kappa shape index (κ2) is 6.33. The van der Waals surface area contributed by atoms with Crippen molar-refractivity contribution < 1.29 is 34.4 Å². The highest BCUT2D eigenvalue weighted by Gasteiger charge is 2.66. The Morgan fingerprint density at radius 2 is 1.64 bits per heavy atom. The number of aliphatic hydroxyl groups is 1. The molecule has 2 saturated heterocycles. The van der Waals surface area contributed by atoms with Gasteiger partial charge in [-0.1, -0.05) is 38.2 Å². The maximum absolute atomic E-state index is 13.3. The number of allylic oxidation sites excluding steroid dienone is 4. The van der Waals surface area contributed by atoms with E-state index in [0.29, 0.717) is 6.42 Å². The molecule has 0 aromatic heterocycles. The molecule has 0 unspecified atom stereocenters. The van der Waals surface area contributed by atoms with Crippen LogP contribution >= 0.6 is 0 Å². The summed E-state index contributed by atoms with van der Waals surface area (Å²) in [6.07, 6.45) is 5.69. The lowest BCUT2D eigenvalue weighted by Gasteiger charge is -2.48. The molecular formula is C25H27NO7. The molecule has 3 aliphatic carbocycles. The molecule has 5 aliphatic rings. The summed E-state index contributed by atoms with van der Waals surface area (Å²) in [5.41, 5.74) is 4.47. The average Bonchev–Trinajstić information content (AvgIpc) is 3.31. The number of aromatic hydroxyl groups is 2. The van der Waals surface area contributed by atoms with Crippen molar-refractivity contribution >= 4 is 11.6 Å². The van der Waals surface area contributed by atoms with Crippen LogP contribution in [0.25, 0.3) is 0 Å². The number of hydrogen-bond donors (Lipinski definition) is 4. The van der Waals surface area contributed by atoms with Crippen molar-refractivity contribution in [3.8, 4) is 11.5 Å². The Kier molecular flexibility index (Phi) is 4.03. The van der Waals surface area contributed by atoms with E-state index in [9.17, 15) is 24.9 Å². The normalized spacial score (nSPS) is 40.0. The average molecular weight is 453 g/mol. The quantitative estimate of drug-likeness (QED) is 0.474. The summed E-state index contributed by atoms with van der Waals surface area (Å²) in [4.78, 5) is 26.5. The molecule has 8 heteroatoms. The Morgan fingerprint density at radius 3 is 2.18 bits per heavy atom. The number of ketones is 2. The minimum atomic E-state index is -1.25. The molecule has 8 nitrogen and oxygen atoms in total. The molecule has 0 amide bonds. The van der Waals surface area contributed by atoms with E-state index in [4.69, 9.17) is 15.2 Å². The lowest BCUT2D eigenvalue weighted by molar-refractivity contribution is -0.102. The molecule has 174 valence electrons. The molecule has 1 aromatic carbocycles. The first-order valence-corrected chi connectivity index (χ1v) is 11.3. The number of carbonyl (C=O) groups is 2. The first-order chi connectivity index (χ1) is 15.5. The van der Waals surface area contributed by atoms with E-state index in [1.54, 1.807) is 24.3 Å². The van der Waals surface area contributed by atoms with Gasteiger partial charge in [0.2, 0.25) is 0 Å². The third-order valence-electron chi connectivity index (χ3n) is 8.29. The number of ether oxygens (including phenoxy) is 2. The molecule has 2 bridgehead atoms. The molecule has 33 heavy (non-hydrogen) atoms. The van der Waals surface area contributed by atoms with Crippen LogP contribution in [0.2, 0.25) is 0 Å². The molecule has 6 atom stereocenters. The minimum absolute atomic E-state index is 0.0504. The van der Waals surface area contributed by atoms with Crippen molar-refractivity contribution in [1.82, 2.24) is 0 Å². The van der Waals surface area contributed by atoms with Crippen LogP contribution in [0, 0.1) is 17.3 Å². The van der Waals surface area contributed by atoms with Gasteiger partial charge in [0.15, 0.2) is 17.9 Å². The number of phenols is 2. The van der Waals surface area contributed by atoms with Gasteiger partial charge in [-0.3, -0.25) is 9.59 Å². The third kappa shape index (κ3) is 2.49. The fraction of sp³-hybridized carbons (Fsp3) is 0.520. The Morgan fingerprint density at radius 1 is 1.03 bits per heavy atom. The zero-order chi connectivity index (χ0) is 23.5. The summed E-state index contributed by atoms with van der Waals surface area (Å²) in [5.74, 6) is -3.21. The highest BCUT2D eigenvalue weighted by atomic mass is 16.7. The number of carbonyl (C=O) groups excluding carboxylic acids is 2. The van der Waals surface area contributed by atoms with E-state index >= 15 is 0 Å². The number of hydrogen-bond acceptors (Lipinski definition) is 8. The van der Waals surface area contributed by atoms with Gasteiger partial charge in [0.25, 0.3) is 0 Å². The van der Waals surface area contributed by atoms with Gasteiger partial charge in [-0.2, -0.15) is 0 Å². The monoisotopic (exact) mass is 453 g/mol. The Bertz CT molecular complexity index is 1180. The fourth-order valence-corrected chi connectivity index (χ4v) is 6.65. The summed E-state index contributed by atoms with van der Waals surface area (Å²) in [5, 5.41) is 33.5. The zero-order valence-corrected chi connectivity index (χ0v) is 18.5. The van der Waals surface area contributed by atoms with Crippen molar-refractivity contribution in [3.63, 3.8) is 0 Å². The number of Topliss-reactive ketones (excluding diaryl/α,β-unsaturated/α-hetero) is 2. The lowest BCUT2D eigenvalue weighted by atomic mass is 9.62. The topological polar surface area (TPSA) is 139 Å². The van der Waals surface area contributed by atoms with Gasteiger partial charge in [0.05, 0.1) is 41.2 Å². The van der Waals surface area contributed by atoms with Crippen LogP contribution in [0.15, 0.2) is 24.3 Å². The van der Waals surface area contributed by atoms with Gasteiger partial charge < -0.3 is 30.5 Å². The zero-order valence-electron chi connectivity index (χ0n) is 18.5. The molecule has 0 spiro atoms. The standard InChI is InChI=1S/C25H27NO7/c1-23(2)9-25(10-32-22(23)33-25)24(26)7-13-15(14(27)8-24)21(31)17-16(20(13)30)18(28)11-5-3-4-6-12(11)19(17)29/h3-6,11-12,14,22,27,30-31H,7-10,26H2,1-2H3/t11-,12-,14-,22-,24-,25+/m0/s1. The predicted molar refractivity (Wildman–Crippen MR) is 116 cm³/mol. The maximum atomic E-state index is 13.3. The molecular weight excluding hydrogens is 426 g/mol. The van der Waals surface area contributed by atoms with Gasteiger partial charge in [-0.05, 0) is 19.3 Å². The van der Waals surface area contributed by atoms with Crippen LogP contribution in [0.3, 0.4) is 0 Å². The van der Waals surface area contributed by atoms with E-state index in [-0.39, 0.29) is 47.1 Å². The fourth-order valence-electron chi connectivity index (χ4n) is 6.65. The number of rotatable bonds is 1. The van der Waals surface area contributed by atoms with Gasteiger partial charge >= 0.3 is 0 Å². The van der Waals surface area contributed by atoms with E-state index in [0.717, 1.165) is 0 Å². The molecule has 6 rings (SSSR count). The summed E-state index contributed by atoms with van der Waals surface area (Å²) in [6, 6.07) is 0. The molecule has 0 radical (unpaired) electrons. The Balaban J connectivity index is 1.51. The Hall–Kier alpha value is -2.52. The van der Waals surface area contributed by atoms with Gasteiger partial charge in [-0.25, -0.2) is 0 Å². The van der Waals surface area contributed by atoms with Crippen LogP contribution in [0.1, 0.15) is 64.6 Å². The van der Waals surface area contributed by atoms with Crippen LogP contribution in [0.4, 0.5) is 0 Å². The number of aliphatic hydroxyl groups excluding tert-OH is 1. The summed E-state index contributed by atoms with van der Waals surface area (Å²) < 4.78 is 12.1. The molecule has 1 aromatic rings. The minimum Gasteiger partial charge on any atom is -0.507 e. The lowest BCUT2D eigenvalue weighted by Crippen LogP contribution is -2.65. The van der Waals surface area contributed by atoms with Crippen molar-refractivity contribution in [2.75, 3.05) is 6.61 Å². The van der Waals surface area contributed by atoms with Crippen molar-refractivity contribution in [1.29, 1.82) is 0 Å². The van der Waals surface area contributed by atoms with Crippen LogP contribution < -0.4 is 5.73 Å². The molecule has 2 aliphatic heterocycles. The van der Waals surface area contributed by atoms with Crippen molar-refractivity contribution in [2.24, 2.45) is 23.0 Å². The van der Waals surface area contributed by atoms with E-state index in [2.05, 4.69) is 0 Å². The predicted octanol–water partition coefficient (Wildman–Crippen LogP) is 2.05. The van der Waals surface area contributed by atoms with E-state index < -0.39 is 58.4 Å². The van der Waals surface area contributed by atoms with Gasteiger partial charge in [0, 0.05) is 16.5 Å². The molecule has 2 fully saturated rings. The first kappa shape index (κ1) is 21.0. The molecule has 5 N–H and O–H groups in total. The van der Waals surface area contributed by atoms with E-state index in [1.807, 2.05) is 13.8 Å². The second-order valence-corrected chi connectivity index (χ2v) is 10.9. The molecule has 0 saturated carbocycles. The summed E-state index contributed by atoms with van der Waals surface area (Å²) in [6.45, 7) is 4.32. The highest BCUT2D eigenvalue weighted by molar-refractivity contribution is 6.20. The first-order valence-electron chi connectivity index (χ1n) is 11.3. The van der Waals surface area contributed by atoms with Crippen molar-refractivity contribution in [2.45, 2.75) is 56.6 Å². The van der Waals surface area contributed by atoms with Crippen LogP contribution in [-0.4, -0.2) is 50.9 Å². The summed E-state index contributed by atoms with van der Waals surface area (Å²) in [7, 11) is 0. The number of phenolic OH excluding ortho intramolecular Hbond substituents is 2. The van der Waals surface area contributed by atoms with Crippen molar-refractivity contribution in [3.05, 3.63) is 46.6 Å². The molecule has 2 heterocycles. The summed E-state index contributed by atoms with van der Waals surface area (Å²) >= 11 is 0. The Labute approximate surface area is 190 Å². The number of nitrogens with two attached hydrogens (primary N) is 1. The third-order valence-corrected chi connectivity index (χ3v) is 8.29. The second-order valence-electron chi connectivity index (χ2n) is 10.9. The maximum Gasteiger partial charge on any atom is 0.175 e. The number of fused-ring (bicyclic) bond motifs is 5. The van der Waals surface area contributed by atoms with E-state index in [1.165, 1.54) is 0 Å². The smallest absolute Gasteiger partial charge is 0.175 e. The van der Waals surface area contributed by atoms with Crippen LogP contribution in [-0.2, 0) is 15.9 Å². The highest BCUT2D eigenvalue weighted by Crippen LogP contribution is 2.59. The largest absolute Gasteiger partial charge is 0.507 e. The SMILES string of the molecule is CC1(C)C[C@]2([C@]3(N)Cc4c(O)c5c(c(O)c4[C@@H](O)C3)C(=O)[C@H]3C=CC=C[C@@H]3C5=O)CO[C@H]1O2. The van der Waals surface area contributed by atoms with Crippen LogP contribution in [0.5, 0.6) is 11.5 Å². The number of benzene rings is 1.